The maximum atomic E-state index is 13.2. The molecule has 0 aliphatic rings. The molecule has 7 nitrogen and oxygen atoms in total. The number of nitrogens with one attached hydrogen (secondary N) is 1. The van der Waals surface area contributed by atoms with E-state index in [0.29, 0.717) is 0 Å². The summed E-state index contributed by atoms with van der Waals surface area (Å²) in [5.74, 6) is -3.66. The van der Waals surface area contributed by atoms with Crippen LogP contribution < -0.4 is 11.1 Å². The van der Waals surface area contributed by atoms with Gasteiger partial charge in [0.1, 0.15) is 6.04 Å². The Balaban J connectivity index is 2.10. The molecule has 0 unspecified atom stereocenters. The number of halogens is 2. The molecule has 2 aromatic carbocycles. The number of benzene rings is 2. The van der Waals surface area contributed by atoms with Gasteiger partial charge in [-0.3, -0.25) is 19.7 Å². The molecule has 0 bridgehead atoms. The predicted molar refractivity (Wildman–Crippen MR) is 88.0 cm³/mol. The van der Waals surface area contributed by atoms with E-state index in [-0.39, 0.29) is 29.7 Å². The molecule has 136 valence electrons. The van der Waals surface area contributed by atoms with E-state index in [1.165, 1.54) is 24.3 Å². The lowest BCUT2D eigenvalue weighted by Gasteiger charge is -2.16. The van der Waals surface area contributed by atoms with Gasteiger partial charge in [-0.2, -0.15) is 0 Å². The van der Waals surface area contributed by atoms with Crippen molar-refractivity contribution >= 4 is 17.5 Å². The van der Waals surface area contributed by atoms with E-state index in [4.69, 9.17) is 5.73 Å². The maximum Gasteiger partial charge on any atom is 0.272 e. The number of carbonyl (C=O) groups is 2. The number of hydrogen-bond donors (Lipinski definition) is 2. The van der Waals surface area contributed by atoms with Gasteiger partial charge < -0.3 is 11.1 Å². The second kappa shape index (κ2) is 8.15. The Morgan fingerprint density at radius 1 is 1.15 bits per heavy atom. The fraction of sp³-hybridized carbons (Fsp3) is 0.176. The van der Waals surface area contributed by atoms with Crippen LogP contribution in [0.1, 0.15) is 11.1 Å². The highest BCUT2D eigenvalue weighted by molar-refractivity contribution is 5.87. The zero-order valence-electron chi connectivity index (χ0n) is 13.4. The number of amides is 2. The third-order valence-electron chi connectivity index (χ3n) is 3.64. The molecular formula is C17H15F2N3O4. The van der Waals surface area contributed by atoms with Gasteiger partial charge in [-0.15, -0.1) is 0 Å². The molecule has 0 aliphatic carbocycles. The molecule has 0 saturated heterocycles. The predicted octanol–water partition coefficient (Wildman–Crippen LogP) is 1.63. The Morgan fingerprint density at radius 3 is 2.46 bits per heavy atom. The molecule has 0 radical (unpaired) electrons. The van der Waals surface area contributed by atoms with Gasteiger partial charge in [0.25, 0.3) is 5.69 Å². The first-order chi connectivity index (χ1) is 12.3. The number of rotatable bonds is 7. The lowest BCUT2D eigenvalue weighted by molar-refractivity contribution is -0.385. The summed E-state index contributed by atoms with van der Waals surface area (Å²) in [7, 11) is 0. The summed E-state index contributed by atoms with van der Waals surface area (Å²) in [4.78, 5) is 34.1. The van der Waals surface area contributed by atoms with E-state index in [2.05, 4.69) is 5.32 Å². The van der Waals surface area contributed by atoms with Crippen LogP contribution in [0.25, 0.3) is 0 Å². The molecule has 3 N–H and O–H groups in total. The molecule has 2 aromatic rings. The smallest absolute Gasteiger partial charge is 0.272 e. The third kappa shape index (κ3) is 4.82. The molecule has 0 saturated carbocycles. The summed E-state index contributed by atoms with van der Waals surface area (Å²) in [5, 5.41) is 13.4. The van der Waals surface area contributed by atoms with Crippen molar-refractivity contribution in [3.63, 3.8) is 0 Å². The largest absolute Gasteiger partial charge is 0.368 e. The van der Waals surface area contributed by atoms with Gasteiger partial charge in [-0.1, -0.05) is 24.3 Å². The van der Waals surface area contributed by atoms with Crippen LogP contribution in [0.5, 0.6) is 0 Å². The monoisotopic (exact) mass is 363 g/mol. The summed E-state index contributed by atoms with van der Waals surface area (Å²) in [6, 6.07) is 7.57. The highest BCUT2D eigenvalue weighted by atomic mass is 19.2. The Hall–Kier alpha value is -3.36. The van der Waals surface area contributed by atoms with Crippen LogP contribution >= 0.6 is 0 Å². The third-order valence-corrected chi connectivity index (χ3v) is 3.64. The van der Waals surface area contributed by atoms with Crippen LogP contribution in [0, 0.1) is 21.7 Å². The second-order valence-electron chi connectivity index (χ2n) is 5.54. The molecule has 1 atom stereocenters. The zero-order chi connectivity index (χ0) is 19.3. The van der Waals surface area contributed by atoms with Crippen LogP contribution in [-0.2, 0) is 22.4 Å². The van der Waals surface area contributed by atoms with E-state index in [1.54, 1.807) is 6.07 Å². The van der Waals surface area contributed by atoms with E-state index >= 15 is 0 Å². The van der Waals surface area contributed by atoms with Gasteiger partial charge in [-0.25, -0.2) is 8.78 Å². The van der Waals surface area contributed by atoms with Crippen molar-refractivity contribution < 1.29 is 23.3 Å². The topological polar surface area (TPSA) is 115 Å². The Labute approximate surface area is 147 Å². The first kappa shape index (κ1) is 19.0. The van der Waals surface area contributed by atoms with Gasteiger partial charge in [0.15, 0.2) is 11.6 Å². The molecule has 0 spiro atoms. The van der Waals surface area contributed by atoms with E-state index in [1.807, 2.05) is 0 Å². The summed E-state index contributed by atoms with van der Waals surface area (Å²) in [5.41, 5.74) is 5.50. The number of para-hydroxylation sites is 1. The highest BCUT2D eigenvalue weighted by Crippen LogP contribution is 2.19. The number of nitro groups is 1. The van der Waals surface area contributed by atoms with Crippen LogP contribution in [0.2, 0.25) is 0 Å². The molecule has 2 rings (SSSR count). The number of nitro benzene ring substituents is 1. The van der Waals surface area contributed by atoms with Gasteiger partial charge in [0.05, 0.1) is 11.3 Å². The Bertz CT molecular complexity index is 858. The molecule has 0 fully saturated rings. The van der Waals surface area contributed by atoms with Crippen molar-refractivity contribution in [2.24, 2.45) is 5.73 Å². The highest BCUT2D eigenvalue weighted by Gasteiger charge is 2.23. The van der Waals surface area contributed by atoms with Crippen LogP contribution in [0.4, 0.5) is 14.5 Å². The van der Waals surface area contributed by atoms with Crippen molar-refractivity contribution in [3.8, 4) is 0 Å². The number of carbonyl (C=O) groups excluding carboxylic acids is 2. The van der Waals surface area contributed by atoms with Gasteiger partial charge in [0.2, 0.25) is 11.8 Å². The molecule has 2 amide bonds. The molecule has 26 heavy (non-hydrogen) atoms. The molecule has 0 heterocycles. The van der Waals surface area contributed by atoms with Crippen molar-refractivity contribution in [1.29, 1.82) is 0 Å². The zero-order valence-corrected chi connectivity index (χ0v) is 13.4. The first-order valence-corrected chi connectivity index (χ1v) is 7.53. The van der Waals surface area contributed by atoms with Gasteiger partial charge in [-0.05, 0) is 17.7 Å². The maximum absolute atomic E-state index is 13.2. The molecular weight excluding hydrogens is 348 g/mol. The summed E-state index contributed by atoms with van der Waals surface area (Å²) >= 11 is 0. The average molecular weight is 363 g/mol. The van der Waals surface area contributed by atoms with Crippen molar-refractivity contribution in [2.75, 3.05) is 0 Å². The van der Waals surface area contributed by atoms with E-state index in [0.717, 1.165) is 12.1 Å². The lowest BCUT2D eigenvalue weighted by Crippen LogP contribution is -2.46. The molecule has 0 aromatic heterocycles. The van der Waals surface area contributed by atoms with Gasteiger partial charge >= 0.3 is 0 Å². The van der Waals surface area contributed by atoms with Crippen molar-refractivity contribution in [2.45, 2.75) is 18.9 Å². The number of nitrogens with zero attached hydrogens (tertiary/aromatic N) is 1. The normalized spacial score (nSPS) is 11.6. The SMILES string of the molecule is NC(=O)[C@@H](Cc1ccccc1[N+](=O)[O-])NC(=O)Cc1ccc(F)c(F)c1. The van der Waals surface area contributed by atoms with Gasteiger partial charge in [0, 0.05) is 18.1 Å². The minimum absolute atomic E-state index is 0.171. The Kier molecular flexibility index (Phi) is 5.94. The number of hydrogen-bond acceptors (Lipinski definition) is 4. The van der Waals surface area contributed by atoms with Crippen molar-refractivity contribution in [1.82, 2.24) is 5.32 Å². The number of primary amides is 1. The molecule has 0 aliphatic heterocycles. The minimum atomic E-state index is -1.19. The van der Waals surface area contributed by atoms with Crippen LogP contribution in [-0.4, -0.2) is 22.8 Å². The summed E-state index contributed by atoms with van der Waals surface area (Å²) in [6.45, 7) is 0. The summed E-state index contributed by atoms with van der Waals surface area (Å²) < 4.78 is 26.1. The minimum Gasteiger partial charge on any atom is -0.368 e. The summed E-state index contributed by atoms with van der Waals surface area (Å²) in [6.07, 6.45) is -0.478. The molecule has 9 heteroatoms. The first-order valence-electron chi connectivity index (χ1n) is 7.53. The van der Waals surface area contributed by atoms with E-state index < -0.39 is 34.4 Å². The standard InChI is InChI=1S/C17H15F2N3O4/c18-12-6-5-10(7-13(12)19)8-16(23)21-14(17(20)24)9-11-3-1-2-4-15(11)22(25)26/h1-7,14H,8-9H2,(H2,20,24)(H,21,23)/t14-/m1/s1. The Morgan fingerprint density at radius 2 is 1.85 bits per heavy atom. The quantitative estimate of drug-likeness (QED) is 0.574. The van der Waals surface area contributed by atoms with Crippen LogP contribution in [0.3, 0.4) is 0 Å². The fourth-order valence-corrected chi connectivity index (χ4v) is 2.38. The van der Waals surface area contributed by atoms with Crippen molar-refractivity contribution in [3.05, 3.63) is 75.3 Å². The number of nitrogens with two attached hydrogens (primary N) is 1. The fourth-order valence-electron chi connectivity index (χ4n) is 2.38. The van der Waals surface area contributed by atoms with Crippen LogP contribution in [0.15, 0.2) is 42.5 Å². The lowest BCUT2D eigenvalue weighted by atomic mass is 10.0. The second-order valence-corrected chi connectivity index (χ2v) is 5.54. The van der Waals surface area contributed by atoms with E-state index in [9.17, 15) is 28.5 Å². The average Bonchev–Trinajstić information content (AvgIpc) is 2.57.